The predicted octanol–water partition coefficient (Wildman–Crippen LogP) is 0.598. The summed E-state index contributed by atoms with van der Waals surface area (Å²) in [6.07, 6.45) is 0.300. The Morgan fingerprint density at radius 2 is 1.82 bits per heavy atom. The molecule has 7 heteroatoms. The first-order valence-corrected chi connectivity index (χ1v) is 7.68. The molecule has 126 valence electrons. The molecule has 22 heavy (non-hydrogen) atoms. The molecule has 1 fully saturated rings. The maximum Gasteiger partial charge on any atom is 0.315 e. The molecule has 2 atom stereocenters. The molecule has 0 unspecified atom stereocenters. The van der Waals surface area contributed by atoms with E-state index in [0.717, 1.165) is 0 Å². The number of rotatable bonds is 4. The summed E-state index contributed by atoms with van der Waals surface area (Å²) >= 11 is 0. The SMILES string of the molecule is CC(C)N1C[C@H](NC(=O)N[C@H](C)C(=O)NC(C)(C)C)CC1=O. The normalized spacial score (nSPS) is 20.0. The van der Waals surface area contributed by atoms with Gasteiger partial charge in [0.2, 0.25) is 11.8 Å². The van der Waals surface area contributed by atoms with Crippen molar-refractivity contribution in [1.29, 1.82) is 0 Å². The molecule has 1 saturated heterocycles. The van der Waals surface area contributed by atoms with Crippen LogP contribution in [0.2, 0.25) is 0 Å². The van der Waals surface area contributed by atoms with E-state index < -0.39 is 12.1 Å². The molecule has 0 aromatic heterocycles. The third kappa shape index (κ3) is 5.54. The third-order valence-electron chi connectivity index (χ3n) is 3.36. The molecule has 3 N–H and O–H groups in total. The number of hydrogen-bond acceptors (Lipinski definition) is 3. The predicted molar refractivity (Wildman–Crippen MR) is 84.3 cm³/mol. The Labute approximate surface area is 132 Å². The Kier molecular flexibility index (Phi) is 5.79. The van der Waals surface area contributed by atoms with E-state index in [1.165, 1.54) is 0 Å². The molecule has 0 aliphatic carbocycles. The van der Waals surface area contributed by atoms with Gasteiger partial charge in [0.05, 0.1) is 6.04 Å². The summed E-state index contributed by atoms with van der Waals surface area (Å²) in [7, 11) is 0. The second-order valence-corrected chi connectivity index (χ2v) is 7.12. The van der Waals surface area contributed by atoms with Crippen LogP contribution in [0.5, 0.6) is 0 Å². The molecule has 7 nitrogen and oxygen atoms in total. The summed E-state index contributed by atoms with van der Waals surface area (Å²) in [6, 6.07) is -1.16. The number of hydrogen-bond donors (Lipinski definition) is 3. The van der Waals surface area contributed by atoms with Gasteiger partial charge < -0.3 is 20.9 Å². The van der Waals surface area contributed by atoms with Gasteiger partial charge in [-0.1, -0.05) is 0 Å². The van der Waals surface area contributed by atoms with Crippen LogP contribution in [0.25, 0.3) is 0 Å². The van der Waals surface area contributed by atoms with Gasteiger partial charge >= 0.3 is 6.03 Å². The fourth-order valence-electron chi connectivity index (χ4n) is 2.29. The van der Waals surface area contributed by atoms with Crippen LogP contribution in [0.3, 0.4) is 0 Å². The average molecular weight is 312 g/mol. The number of carbonyl (C=O) groups is 3. The maximum atomic E-state index is 11.9. The van der Waals surface area contributed by atoms with Crippen molar-refractivity contribution in [3.05, 3.63) is 0 Å². The van der Waals surface area contributed by atoms with Gasteiger partial charge in [-0.3, -0.25) is 9.59 Å². The van der Waals surface area contributed by atoms with Gasteiger partial charge in [0.15, 0.2) is 0 Å². The monoisotopic (exact) mass is 312 g/mol. The molecular weight excluding hydrogens is 284 g/mol. The minimum absolute atomic E-state index is 0.0406. The lowest BCUT2D eigenvalue weighted by Crippen LogP contribution is -2.54. The number of urea groups is 1. The summed E-state index contributed by atoms with van der Waals surface area (Å²) in [5.41, 5.74) is -0.348. The number of carbonyl (C=O) groups excluding carboxylic acids is 3. The van der Waals surface area contributed by atoms with Crippen molar-refractivity contribution >= 4 is 17.8 Å². The van der Waals surface area contributed by atoms with E-state index in [4.69, 9.17) is 0 Å². The first-order valence-electron chi connectivity index (χ1n) is 7.68. The van der Waals surface area contributed by atoms with Crippen LogP contribution in [0, 0.1) is 0 Å². The highest BCUT2D eigenvalue weighted by molar-refractivity contribution is 5.87. The van der Waals surface area contributed by atoms with Crippen molar-refractivity contribution in [1.82, 2.24) is 20.9 Å². The lowest BCUT2D eigenvalue weighted by molar-refractivity contribution is -0.129. The molecule has 0 aromatic carbocycles. The Bertz CT molecular complexity index is 443. The second-order valence-electron chi connectivity index (χ2n) is 7.12. The summed E-state index contributed by atoms with van der Waals surface area (Å²) in [4.78, 5) is 37.4. The van der Waals surface area contributed by atoms with E-state index in [1.807, 2.05) is 34.6 Å². The minimum atomic E-state index is -0.641. The lowest BCUT2D eigenvalue weighted by Gasteiger charge is -2.24. The Balaban J connectivity index is 2.44. The molecule has 1 aliphatic rings. The molecule has 1 heterocycles. The van der Waals surface area contributed by atoms with Gasteiger partial charge in [-0.2, -0.15) is 0 Å². The molecule has 1 aliphatic heterocycles. The first-order chi connectivity index (χ1) is 9.99. The van der Waals surface area contributed by atoms with Crippen molar-refractivity contribution in [2.45, 2.75) is 71.6 Å². The lowest BCUT2D eigenvalue weighted by atomic mass is 10.1. The Morgan fingerprint density at radius 3 is 2.27 bits per heavy atom. The smallest absolute Gasteiger partial charge is 0.315 e. The Morgan fingerprint density at radius 1 is 1.23 bits per heavy atom. The molecule has 0 saturated carbocycles. The van der Waals surface area contributed by atoms with Crippen LogP contribution in [0.15, 0.2) is 0 Å². The molecule has 0 radical (unpaired) electrons. The van der Waals surface area contributed by atoms with Gasteiger partial charge in [-0.15, -0.1) is 0 Å². The standard InChI is InChI=1S/C15H28N4O3/c1-9(2)19-8-11(7-12(19)20)17-14(22)16-10(3)13(21)18-15(4,5)6/h9-11H,7-8H2,1-6H3,(H,18,21)(H2,16,17,22)/t10-,11-/m1/s1. The van der Waals surface area contributed by atoms with Crippen LogP contribution in [-0.4, -0.2) is 53.0 Å². The maximum absolute atomic E-state index is 11.9. The number of nitrogens with zero attached hydrogens (tertiary/aromatic N) is 1. The third-order valence-corrected chi connectivity index (χ3v) is 3.36. The fourth-order valence-corrected chi connectivity index (χ4v) is 2.29. The zero-order valence-electron chi connectivity index (χ0n) is 14.3. The zero-order chi connectivity index (χ0) is 17.1. The number of amides is 4. The van der Waals surface area contributed by atoms with Crippen molar-refractivity contribution in [3.8, 4) is 0 Å². The van der Waals surface area contributed by atoms with Crippen LogP contribution < -0.4 is 16.0 Å². The molecule has 0 bridgehead atoms. The van der Waals surface area contributed by atoms with Gasteiger partial charge in [-0.05, 0) is 41.5 Å². The van der Waals surface area contributed by atoms with Crippen LogP contribution >= 0.6 is 0 Å². The van der Waals surface area contributed by atoms with Gasteiger partial charge in [0.1, 0.15) is 6.04 Å². The van der Waals surface area contributed by atoms with Crippen LogP contribution in [0.1, 0.15) is 48.0 Å². The largest absolute Gasteiger partial charge is 0.350 e. The molecular formula is C15H28N4O3. The van der Waals surface area contributed by atoms with E-state index >= 15 is 0 Å². The fraction of sp³-hybridized carbons (Fsp3) is 0.800. The van der Waals surface area contributed by atoms with Crippen molar-refractivity contribution in [2.24, 2.45) is 0 Å². The van der Waals surface area contributed by atoms with E-state index in [-0.39, 0.29) is 29.4 Å². The van der Waals surface area contributed by atoms with E-state index in [1.54, 1.807) is 11.8 Å². The van der Waals surface area contributed by atoms with Crippen molar-refractivity contribution in [2.75, 3.05) is 6.54 Å². The summed E-state index contributed by atoms with van der Waals surface area (Å²) < 4.78 is 0. The van der Waals surface area contributed by atoms with Gasteiger partial charge in [-0.25, -0.2) is 4.79 Å². The quantitative estimate of drug-likeness (QED) is 0.710. The van der Waals surface area contributed by atoms with E-state index in [0.29, 0.717) is 13.0 Å². The zero-order valence-corrected chi connectivity index (χ0v) is 14.3. The van der Waals surface area contributed by atoms with Crippen molar-refractivity contribution in [3.63, 3.8) is 0 Å². The minimum Gasteiger partial charge on any atom is -0.350 e. The number of nitrogens with one attached hydrogen (secondary N) is 3. The summed E-state index contributed by atoms with van der Waals surface area (Å²) in [5, 5.41) is 8.15. The van der Waals surface area contributed by atoms with Crippen LogP contribution in [0.4, 0.5) is 4.79 Å². The first kappa shape index (κ1) is 18.3. The molecule has 0 spiro atoms. The highest BCUT2D eigenvalue weighted by Gasteiger charge is 2.32. The van der Waals surface area contributed by atoms with E-state index in [9.17, 15) is 14.4 Å². The average Bonchev–Trinajstić information content (AvgIpc) is 2.67. The second kappa shape index (κ2) is 6.98. The molecule has 4 amide bonds. The van der Waals surface area contributed by atoms with E-state index in [2.05, 4.69) is 16.0 Å². The Hall–Kier alpha value is -1.79. The van der Waals surface area contributed by atoms with Gasteiger partial charge in [0, 0.05) is 24.5 Å². The highest BCUT2D eigenvalue weighted by atomic mass is 16.2. The number of likely N-dealkylation sites (tertiary alicyclic amines) is 1. The highest BCUT2D eigenvalue weighted by Crippen LogP contribution is 2.14. The van der Waals surface area contributed by atoms with Crippen LogP contribution in [-0.2, 0) is 9.59 Å². The summed E-state index contributed by atoms with van der Waals surface area (Å²) in [6.45, 7) is 11.7. The van der Waals surface area contributed by atoms with Crippen molar-refractivity contribution < 1.29 is 14.4 Å². The summed E-state index contributed by atoms with van der Waals surface area (Å²) in [5.74, 6) is -0.201. The van der Waals surface area contributed by atoms with Gasteiger partial charge in [0.25, 0.3) is 0 Å². The molecule has 1 rings (SSSR count). The molecule has 0 aromatic rings. The topological polar surface area (TPSA) is 90.5 Å².